The van der Waals surface area contributed by atoms with E-state index in [1.807, 2.05) is 18.2 Å². The van der Waals surface area contributed by atoms with E-state index in [0.717, 1.165) is 24.3 Å². The molecule has 4 nitrogen and oxygen atoms in total. The van der Waals surface area contributed by atoms with Gasteiger partial charge in [-0.05, 0) is 29.7 Å². The van der Waals surface area contributed by atoms with Crippen molar-refractivity contribution in [2.45, 2.75) is 25.4 Å². The number of piperazine rings is 1. The average Bonchev–Trinajstić information content (AvgIpc) is 2.61. The van der Waals surface area contributed by atoms with Crippen molar-refractivity contribution in [3.05, 3.63) is 59.7 Å². The summed E-state index contributed by atoms with van der Waals surface area (Å²) in [6, 6.07) is 16.8. The van der Waals surface area contributed by atoms with Gasteiger partial charge < -0.3 is 15.5 Å². The van der Waals surface area contributed by atoms with Crippen LogP contribution in [0.4, 0.5) is 11.4 Å². The minimum absolute atomic E-state index is 0.0819. The lowest BCUT2D eigenvalue weighted by molar-refractivity contribution is -0.117. The number of carbonyl (C=O) groups excluding carboxylic acids is 1. The molecule has 2 atom stereocenters. The van der Waals surface area contributed by atoms with Crippen LogP contribution in [0.15, 0.2) is 48.5 Å². The topological polar surface area (TPSA) is 44.4 Å². The lowest BCUT2D eigenvalue weighted by Gasteiger charge is -2.44. The predicted octanol–water partition coefficient (Wildman–Crippen LogP) is 2.72. The standard InChI is InChI=1S/C19H21N3O/c1-2-13-7-3-4-8-14(13)16-12-22-17-10-6-5-9-15(17)21-19(23)18(22)11-20-16/h3-10,16,18,20H,2,11-12H2,1H3,(H,21,23). The largest absolute Gasteiger partial charge is 0.355 e. The van der Waals surface area contributed by atoms with Crippen molar-refractivity contribution in [2.75, 3.05) is 23.3 Å². The van der Waals surface area contributed by atoms with E-state index in [4.69, 9.17) is 0 Å². The van der Waals surface area contributed by atoms with Gasteiger partial charge in [0.25, 0.3) is 0 Å². The Bertz CT molecular complexity index is 743. The predicted molar refractivity (Wildman–Crippen MR) is 92.8 cm³/mol. The number of rotatable bonds is 2. The molecule has 4 rings (SSSR count). The average molecular weight is 307 g/mol. The second-order valence-electron chi connectivity index (χ2n) is 6.19. The molecule has 1 amide bonds. The minimum Gasteiger partial charge on any atom is -0.355 e. The maximum absolute atomic E-state index is 12.4. The summed E-state index contributed by atoms with van der Waals surface area (Å²) in [6.07, 6.45) is 1.02. The summed E-state index contributed by atoms with van der Waals surface area (Å²) in [5.74, 6) is 0.0819. The zero-order chi connectivity index (χ0) is 15.8. The van der Waals surface area contributed by atoms with Gasteiger partial charge in [-0.1, -0.05) is 43.3 Å². The third-order valence-corrected chi connectivity index (χ3v) is 4.90. The molecule has 2 aromatic rings. The SMILES string of the molecule is CCc1ccccc1C1CN2c3ccccc3NC(=O)C2CN1. The molecule has 4 heteroatoms. The maximum atomic E-state index is 12.4. The highest BCUT2D eigenvalue weighted by Gasteiger charge is 2.38. The number of aryl methyl sites for hydroxylation is 1. The van der Waals surface area contributed by atoms with Crippen molar-refractivity contribution in [1.82, 2.24) is 5.32 Å². The van der Waals surface area contributed by atoms with E-state index in [1.54, 1.807) is 0 Å². The minimum atomic E-state index is -0.130. The van der Waals surface area contributed by atoms with Crippen LogP contribution in [0.5, 0.6) is 0 Å². The Morgan fingerprint density at radius 1 is 1.13 bits per heavy atom. The molecule has 2 heterocycles. The second-order valence-corrected chi connectivity index (χ2v) is 6.19. The Morgan fingerprint density at radius 2 is 1.91 bits per heavy atom. The molecule has 0 saturated carbocycles. The smallest absolute Gasteiger partial charge is 0.248 e. The molecule has 2 aromatic carbocycles. The number of hydrogen-bond acceptors (Lipinski definition) is 3. The van der Waals surface area contributed by atoms with Crippen LogP contribution >= 0.6 is 0 Å². The van der Waals surface area contributed by atoms with Crippen molar-refractivity contribution in [2.24, 2.45) is 0 Å². The molecule has 2 aliphatic rings. The van der Waals surface area contributed by atoms with Crippen LogP contribution < -0.4 is 15.5 Å². The number of amides is 1. The summed E-state index contributed by atoms with van der Waals surface area (Å²) >= 11 is 0. The molecule has 0 aromatic heterocycles. The molecule has 1 fully saturated rings. The van der Waals surface area contributed by atoms with E-state index < -0.39 is 0 Å². The first-order valence-corrected chi connectivity index (χ1v) is 8.25. The first kappa shape index (κ1) is 14.3. The number of carbonyl (C=O) groups is 1. The van der Waals surface area contributed by atoms with Crippen molar-refractivity contribution >= 4 is 17.3 Å². The van der Waals surface area contributed by atoms with Crippen LogP contribution in [0.25, 0.3) is 0 Å². The highest BCUT2D eigenvalue weighted by Crippen LogP contribution is 2.35. The molecular formula is C19H21N3O. The molecule has 23 heavy (non-hydrogen) atoms. The van der Waals surface area contributed by atoms with E-state index in [9.17, 15) is 4.79 Å². The molecule has 0 bridgehead atoms. The summed E-state index contributed by atoms with van der Waals surface area (Å²) in [5, 5.41) is 6.58. The third-order valence-electron chi connectivity index (χ3n) is 4.90. The van der Waals surface area contributed by atoms with Crippen LogP contribution in [0, 0.1) is 0 Å². The fraction of sp³-hybridized carbons (Fsp3) is 0.316. The van der Waals surface area contributed by atoms with Crippen LogP contribution in [-0.2, 0) is 11.2 Å². The van der Waals surface area contributed by atoms with Crippen molar-refractivity contribution in [3.8, 4) is 0 Å². The Kier molecular flexibility index (Phi) is 3.54. The van der Waals surface area contributed by atoms with Crippen molar-refractivity contribution in [3.63, 3.8) is 0 Å². The van der Waals surface area contributed by atoms with Crippen LogP contribution in [0.2, 0.25) is 0 Å². The van der Waals surface area contributed by atoms with E-state index >= 15 is 0 Å². The number of benzene rings is 2. The number of nitrogens with one attached hydrogen (secondary N) is 2. The number of nitrogens with zero attached hydrogens (tertiary/aromatic N) is 1. The first-order valence-electron chi connectivity index (χ1n) is 8.25. The molecule has 0 spiro atoms. The molecule has 118 valence electrons. The van der Waals surface area contributed by atoms with Crippen molar-refractivity contribution < 1.29 is 4.79 Å². The third kappa shape index (κ3) is 2.39. The maximum Gasteiger partial charge on any atom is 0.248 e. The van der Waals surface area contributed by atoms with Gasteiger partial charge in [-0.15, -0.1) is 0 Å². The molecule has 1 saturated heterocycles. The fourth-order valence-electron chi connectivity index (χ4n) is 3.70. The van der Waals surface area contributed by atoms with Gasteiger partial charge in [-0.2, -0.15) is 0 Å². The Hall–Kier alpha value is -2.33. The monoisotopic (exact) mass is 307 g/mol. The Balaban J connectivity index is 1.69. The highest BCUT2D eigenvalue weighted by molar-refractivity contribution is 6.03. The zero-order valence-electron chi connectivity index (χ0n) is 13.3. The number of anilines is 2. The van der Waals surface area contributed by atoms with Gasteiger partial charge >= 0.3 is 0 Å². The first-order chi connectivity index (χ1) is 11.3. The van der Waals surface area contributed by atoms with E-state index in [1.165, 1.54) is 11.1 Å². The molecule has 2 N–H and O–H groups in total. The lowest BCUT2D eigenvalue weighted by atomic mass is 9.94. The van der Waals surface area contributed by atoms with Crippen LogP contribution in [0.3, 0.4) is 0 Å². The molecule has 0 aliphatic carbocycles. The number of fused-ring (bicyclic) bond motifs is 3. The van der Waals surface area contributed by atoms with Crippen LogP contribution in [0.1, 0.15) is 24.1 Å². The van der Waals surface area contributed by atoms with Crippen LogP contribution in [-0.4, -0.2) is 25.0 Å². The second kappa shape index (κ2) is 5.70. The Morgan fingerprint density at radius 3 is 2.78 bits per heavy atom. The Labute approximate surface area is 136 Å². The summed E-state index contributed by atoms with van der Waals surface area (Å²) in [5.41, 5.74) is 4.76. The fourth-order valence-corrected chi connectivity index (χ4v) is 3.70. The van der Waals surface area contributed by atoms with Gasteiger partial charge in [0.1, 0.15) is 6.04 Å². The summed E-state index contributed by atoms with van der Waals surface area (Å²) < 4.78 is 0. The number of hydrogen-bond donors (Lipinski definition) is 2. The zero-order valence-corrected chi connectivity index (χ0v) is 13.3. The molecule has 2 aliphatic heterocycles. The summed E-state index contributed by atoms with van der Waals surface area (Å²) in [4.78, 5) is 14.6. The summed E-state index contributed by atoms with van der Waals surface area (Å²) in [6.45, 7) is 3.67. The molecular weight excluding hydrogens is 286 g/mol. The van der Waals surface area contributed by atoms with Crippen molar-refractivity contribution in [1.29, 1.82) is 0 Å². The van der Waals surface area contributed by atoms with Gasteiger partial charge in [0.05, 0.1) is 17.4 Å². The number of para-hydroxylation sites is 2. The van der Waals surface area contributed by atoms with E-state index in [0.29, 0.717) is 6.54 Å². The van der Waals surface area contributed by atoms with Gasteiger partial charge in [-0.25, -0.2) is 0 Å². The van der Waals surface area contributed by atoms with E-state index in [-0.39, 0.29) is 18.0 Å². The highest BCUT2D eigenvalue weighted by atomic mass is 16.2. The molecule has 2 unspecified atom stereocenters. The normalized spacial score (nSPS) is 23.0. The van der Waals surface area contributed by atoms with Gasteiger partial charge in [-0.3, -0.25) is 4.79 Å². The molecule has 0 radical (unpaired) electrons. The lowest BCUT2D eigenvalue weighted by Crippen LogP contribution is -2.59. The van der Waals surface area contributed by atoms with Gasteiger partial charge in [0.2, 0.25) is 5.91 Å². The quantitative estimate of drug-likeness (QED) is 0.896. The van der Waals surface area contributed by atoms with E-state index in [2.05, 4.69) is 52.8 Å². The van der Waals surface area contributed by atoms with Gasteiger partial charge in [0, 0.05) is 13.1 Å². The van der Waals surface area contributed by atoms with Gasteiger partial charge in [0.15, 0.2) is 0 Å². The summed E-state index contributed by atoms with van der Waals surface area (Å²) in [7, 11) is 0.